The van der Waals surface area contributed by atoms with Crippen molar-refractivity contribution in [1.29, 1.82) is 0 Å². The molecule has 0 heterocycles. The molecule has 1 amide bonds. The van der Waals surface area contributed by atoms with Gasteiger partial charge in [-0.15, -0.1) is 0 Å². The molecule has 138 valence electrons. The molecule has 8 heteroatoms. The summed E-state index contributed by atoms with van der Waals surface area (Å²) in [6.07, 6.45) is -4.53. The highest BCUT2D eigenvalue weighted by Gasteiger charge is 2.30. The summed E-state index contributed by atoms with van der Waals surface area (Å²) in [6, 6.07) is 10.3. The minimum Gasteiger partial charge on any atom is -0.480 e. The average molecular weight is 477 g/mol. The highest BCUT2D eigenvalue weighted by atomic mass is 127. The fraction of sp³-hybridized carbons (Fsp3) is 0.222. The van der Waals surface area contributed by atoms with Crippen LogP contribution in [0, 0.1) is 3.57 Å². The Kier molecular flexibility index (Phi) is 6.63. The number of carbonyl (C=O) groups is 2. The first kappa shape index (κ1) is 20.2. The number of alkyl halides is 3. The van der Waals surface area contributed by atoms with Crippen molar-refractivity contribution < 1.29 is 27.9 Å². The molecule has 0 aliphatic heterocycles. The van der Waals surface area contributed by atoms with E-state index in [0.717, 1.165) is 21.3 Å². The quantitative estimate of drug-likeness (QED) is 0.625. The Morgan fingerprint density at radius 3 is 2.04 bits per heavy atom. The number of amides is 1. The van der Waals surface area contributed by atoms with E-state index in [9.17, 15) is 27.9 Å². The Hall–Kier alpha value is -2.10. The van der Waals surface area contributed by atoms with Crippen LogP contribution in [0.15, 0.2) is 48.5 Å². The molecule has 2 rings (SSSR count). The molecule has 2 aromatic rings. The number of carboxylic acid groups (broad SMARTS) is 1. The van der Waals surface area contributed by atoms with Gasteiger partial charge in [0.25, 0.3) is 0 Å². The Labute approximate surface area is 161 Å². The van der Waals surface area contributed by atoms with E-state index in [1.165, 1.54) is 12.1 Å². The number of rotatable bonds is 6. The second-order valence-corrected chi connectivity index (χ2v) is 6.91. The maximum Gasteiger partial charge on any atom is 0.416 e. The first-order valence-corrected chi connectivity index (χ1v) is 8.66. The molecule has 0 aliphatic carbocycles. The molecule has 2 N–H and O–H groups in total. The largest absolute Gasteiger partial charge is 0.480 e. The van der Waals surface area contributed by atoms with Crippen molar-refractivity contribution in [3.8, 4) is 0 Å². The fourth-order valence-electron chi connectivity index (χ4n) is 2.30. The number of nitrogens with one attached hydrogen (secondary N) is 1. The van der Waals surface area contributed by atoms with Crippen molar-refractivity contribution in [1.82, 2.24) is 5.32 Å². The normalized spacial score (nSPS) is 12.5. The van der Waals surface area contributed by atoms with Crippen LogP contribution in [0.4, 0.5) is 13.2 Å². The fourth-order valence-corrected chi connectivity index (χ4v) is 2.66. The smallest absolute Gasteiger partial charge is 0.416 e. The predicted molar refractivity (Wildman–Crippen MR) is 97.6 cm³/mol. The zero-order valence-electron chi connectivity index (χ0n) is 13.4. The molecule has 0 spiro atoms. The summed E-state index contributed by atoms with van der Waals surface area (Å²) < 4.78 is 38.6. The van der Waals surface area contributed by atoms with Crippen LogP contribution in [0.5, 0.6) is 0 Å². The van der Waals surface area contributed by atoms with Gasteiger partial charge >= 0.3 is 12.1 Å². The number of hydrogen-bond donors (Lipinski definition) is 2. The summed E-state index contributed by atoms with van der Waals surface area (Å²) >= 11 is 2.13. The topological polar surface area (TPSA) is 66.4 Å². The van der Waals surface area contributed by atoms with Gasteiger partial charge in [-0.2, -0.15) is 13.2 Å². The van der Waals surface area contributed by atoms with Gasteiger partial charge in [-0.25, -0.2) is 4.79 Å². The van der Waals surface area contributed by atoms with Gasteiger partial charge in [0.2, 0.25) is 5.91 Å². The molecule has 0 unspecified atom stereocenters. The standard InChI is InChI=1S/C18H15F3INO3/c19-18(20,21)13-5-1-12(2-6-13)10-16(24)23-15(17(25)26)9-11-3-7-14(22)8-4-11/h1-8,15H,9-10H2,(H,23,24)(H,25,26)/t15-/m1/s1. The van der Waals surface area contributed by atoms with Crippen LogP contribution < -0.4 is 5.32 Å². The molecule has 0 bridgehead atoms. The maximum atomic E-state index is 12.5. The lowest BCUT2D eigenvalue weighted by atomic mass is 10.0. The number of halogens is 4. The Bertz CT molecular complexity index is 774. The van der Waals surface area contributed by atoms with Crippen LogP contribution >= 0.6 is 22.6 Å². The Morgan fingerprint density at radius 1 is 1.00 bits per heavy atom. The maximum absolute atomic E-state index is 12.5. The van der Waals surface area contributed by atoms with Crippen molar-refractivity contribution in [2.45, 2.75) is 25.1 Å². The van der Waals surface area contributed by atoms with Crippen LogP contribution in [0.2, 0.25) is 0 Å². The molecule has 0 aromatic heterocycles. The lowest BCUT2D eigenvalue weighted by Crippen LogP contribution is -2.43. The number of hydrogen-bond acceptors (Lipinski definition) is 2. The zero-order valence-corrected chi connectivity index (χ0v) is 15.5. The summed E-state index contributed by atoms with van der Waals surface area (Å²) in [7, 11) is 0. The number of benzene rings is 2. The molecule has 0 saturated heterocycles. The summed E-state index contributed by atoms with van der Waals surface area (Å²) in [4.78, 5) is 23.4. The summed E-state index contributed by atoms with van der Waals surface area (Å²) in [5.41, 5.74) is 0.324. The van der Waals surface area contributed by atoms with Crippen molar-refractivity contribution in [2.24, 2.45) is 0 Å². The van der Waals surface area contributed by atoms with E-state index in [1.54, 1.807) is 12.1 Å². The van der Waals surface area contributed by atoms with Crippen LogP contribution in [-0.4, -0.2) is 23.0 Å². The summed E-state index contributed by atoms with van der Waals surface area (Å²) in [6.45, 7) is 0. The molecule has 2 aromatic carbocycles. The lowest BCUT2D eigenvalue weighted by molar-refractivity contribution is -0.141. The zero-order chi connectivity index (χ0) is 19.3. The van der Waals surface area contributed by atoms with E-state index in [4.69, 9.17) is 0 Å². The van der Waals surface area contributed by atoms with Gasteiger partial charge in [0, 0.05) is 9.99 Å². The van der Waals surface area contributed by atoms with Crippen LogP contribution in [0.1, 0.15) is 16.7 Å². The molecule has 0 aliphatic rings. The second-order valence-electron chi connectivity index (χ2n) is 5.66. The van der Waals surface area contributed by atoms with Crippen molar-refractivity contribution >= 4 is 34.5 Å². The third-order valence-corrected chi connectivity index (χ3v) is 4.35. The Morgan fingerprint density at radius 2 is 1.54 bits per heavy atom. The molecule has 4 nitrogen and oxygen atoms in total. The second kappa shape index (κ2) is 8.52. The molecular weight excluding hydrogens is 462 g/mol. The number of carbonyl (C=O) groups excluding carboxylic acids is 1. The predicted octanol–water partition coefficient (Wildman–Crippen LogP) is 3.66. The van der Waals surface area contributed by atoms with E-state index >= 15 is 0 Å². The van der Waals surface area contributed by atoms with Gasteiger partial charge in [-0.05, 0) is 58.0 Å². The van der Waals surface area contributed by atoms with E-state index in [0.29, 0.717) is 5.56 Å². The summed E-state index contributed by atoms with van der Waals surface area (Å²) in [5, 5.41) is 11.7. The minimum atomic E-state index is -4.44. The van der Waals surface area contributed by atoms with Crippen LogP contribution in [-0.2, 0) is 28.6 Å². The minimum absolute atomic E-state index is 0.116. The molecule has 26 heavy (non-hydrogen) atoms. The van der Waals surface area contributed by atoms with Crippen molar-refractivity contribution in [3.63, 3.8) is 0 Å². The molecule has 0 fully saturated rings. The third kappa shape index (κ3) is 6.01. The number of aliphatic carboxylic acids is 1. The van der Waals surface area contributed by atoms with E-state index in [2.05, 4.69) is 27.9 Å². The lowest BCUT2D eigenvalue weighted by Gasteiger charge is -2.15. The first-order valence-electron chi connectivity index (χ1n) is 7.58. The van der Waals surface area contributed by atoms with Gasteiger partial charge in [0.15, 0.2) is 0 Å². The van der Waals surface area contributed by atoms with E-state index in [-0.39, 0.29) is 12.8 Å². The highest BCUT2D eigenvalue weighted by molar-refractivity contribution is 14.1. The van der Waals surface area contributed by atoms with Crippen molar-refractivity contribution in [2.75, 3.05) is 0 Å². The van der Waals surface area contributed by atoms with Gasteiger partial charge in [0.05, 0.1) is 12.0 Å². The van der Waals surface area contributed by atoms with Gasteiger partial charge in [-0.1, -0.05) is 24.3 Å². The average Bonchev–Trinajstić information content (AvgIpc) is 2.55. The van der Waals surface area contributed by atoms with E-state index < -0.39 is 29.7 Å². The molecule has 0 radical (unpaired) electrons. The third-order valence-electron chi connectivity index (χ3n) is 3.63. The highest BCUT2D eigenvalue weighted by Crippen LogP contribution is 2.29. The molecular formula is C18H15F3INO3. The van der Waals surface area contributed by atoms with Crippen LogP contribution in [0.25, 0.3) is 0 Å². The van der Waals surface area contributed by atoms with E-state index in [1.807, 2.05) is 12.1 Å². The number of carboxylic acids is 1. The van der Waals surface area contributed by atoms with Gasteiger partial charge in [0.1, 0.15) is 6.04 Å². The SMILES string of the molecule is O=C(Cc1ccc(C(F)(F)F)cc1)N[C@H](Cc1ccc(I)cc1)C(=O)O. The van der Waals surface area contributed by atoms with Crippen LogP contribution in [0.3, 0.4) is 0 Å². The molecule has 1 atom stereocenters. The first-order chi connectivity index (χ1) is 12.1. The monoisotopic (exact) mass is 477 g/mol. The van der Waals surface area contributed by atoms with Gasteiger partial charge in [-0.3, -0.25) is 4.79 Å². The summed E-state index contributed by atoms with van der Waals surface area (Å²) in [5.74, 6) is -1.74. The van der Waals surface area contributed by atoms with Crippen molar-refractivity contribution in [3.05, 3.63) is 68.8 Å². The molecule has 0 saturated carbocycles. The van der Waals surface area contributed by atoms with Gasteiger partial charge < -0.3 is 10.4 Å². The Balaban J connectivity index is 1.99.